The topological polar surface area (TPSA) is 32.3 Å². The number of nitrogens with one attached hydrogen (secondary N) is 1. The number of rotatable bonds is 3. The number of halogens is 2. The van der Waals surface area contributed by atoms with Gasteiger partial charge in [0.2, 0.25) is 0 Å². The first kappa shape index (κ1) is 10.9. The van der Waals surface area contributed by atoms with E-state index < -0.39 is 12.0 Å². The van der Waals surface area contributed by atoms with Crippen LogP contribution in [-0.2, 0) is 5.92 Å². The predicted molar refractivity (Wildman–Crippen MR) is 50.5 cm³/mol. The number of benzene rings is 1. The van der Waals surface area contributed by atoms with E-state index in [0.29, 0.717) is 0 Å². The molecular formula is C10H13F2NO. The Balaban J connectivity index is 2.97. The van der Waals surface area contributed by atoms with E-state index in [-0.39, 0.29) is 11.3 Å². The Kier molecular flexibility index (Phi) is 3.06. The lowest BCUT2D eigenvalue weighted by Crippen LogP contribution is -2.38. The molecule has 0 saturated carbocycles. The summed E-state index contributed by atoms with van der Waals surface area (Å²) < 4.78 is 27.1. The molecule has 78 valence electrons. The van der Waals surface area contributed by atoms with Gasteiger partial charge in [-0.15, -0.1) is 0 Å². The van der Waals surface area contributed by atoms with Gasteiger partial charge in [0, 0.05) is 5.56 Å². The van der Waals surface area contributed by atoms with E-state index in [1.54, 1.807) is 0 Å². The normalized spacial score (nSPS) is 14.0. The average Bonchev–Trinajstić information content (AvgIpc) is 2.17. The fourth-order valence-corrected chi connectivity index (χ4v) is 1.11. The molecule has 14 heavy (non-hydrogen) atoms. The summed E-state index contributed by atoms with van der Waals surface area (Å²) >= 11 is 0. The molecular weight excluding hydrogens is 188 g/mol. The first-order valence-electron chi connectivity index (χ1n) is 4.33. The van der Waals surface area contributed by atoms with Crippen molar-refractivity contribution in [3.05, 3.63) is 29.8 Å². The molecule has 0 aliphatic carbocycles. The highest BCUT2D eigenvalue weighted by molar-refractivity contribution is 5.29. The smallest absolute Gasteiger partial charge is 0.287 e. The first-order chi connectivity index (χ1) is 6.48. The van der Waals surface area contributed by atoms with Crippen molar-refractivity contribution in [2.45, 2.75) is 18.9 Å². The quantitative estimate of drug-likeness (QED) is 0.784. The molecule has 0 radical (unpaired) electrons. The number of aromatic hydroxyl groups is 1. The largest absolute Gasteiger partial charge is 0.508 e. The maximum Gasteiger partial charge on any atom is 0.287 e. The summed E-state index contributed by atoms with van der Waals surface area (Å²) in [4.78, 5) is 0. The molecule has 1 unspecified atom stereocenters. The summed E-state index contributed by atoms with van der Waals surface area (Å²) in [5.41, 5.74) is -0.0999. The zero-order chi connectivity index (χ0) is 10.8. The van der Waals surface area contributed by atoms with Gasteiger partial charge < -0.3 is 10.4 Å². The highest BCUT2D eigenvalue weighted by Crippen LogP contribution is 2.32. The Morgan fingerprint density at radius 3 is 2.21 bits per heavy atom. The number of phenols is 1. The van der Waals surface area contributed by atoms with Gasteiger partial charge in [0.15, 0.2) is 0 Å². The third-order valence-corrected chi connectivity index (χ3v) is 2.23. The van der Waals surface area contributed by atoms with Crippen molar-refractivity contribution in [1.29, 1.82) is 0 Å². The van der Waals surface area contributed by atoms with Crippen LogP contribution in [0.2, 0.25) is 0 Å². The van der Waals surface area contributed by atoms with Crippen molar-refractivity contribution in [2.24, 2.45) is 0 Å². The number of likely N-dealkylation sites (N-methyl/N-ethyl adjacent to an activating group) is 1. The van der Waals surface area contributed by atoms with E-state index >= 15 is 0 Å². The number of hydrogen-bond acceptors (Lipinski definition) is 2. The minimum Gasteiger partial charge on any atom is -0.508 e. The van der Waals surface area contributed by atoms with Gasteiger partial charge in [0.05, 0.1) is 6.04 Å². The number of phenolic OH excluding ortho intramolecular Hbond substituents is 1. The van der Waals surface area contributed by atoms with Gasteiger partial charge >= 0.3 is 0 Å². The van der Waals surface area contributed by atoms with Crippen LogP contribution in [0.25, 0.3) is 0 Å². The molecule has 2 nitrogen and oxygen atoms in total. The molecule has 1 atom stereocenters. The highest BCUT2D eigenvalue weighted by atomic mass is 19.3. The van der Waals surface area contributed by atoms with Crippen LogP contribution in [0.4, 0.5) is 8.78 Å². The summed E-state index contributed by atoms with van der Waals surface area (Å²) in [7, 11) is 1.49. The van der Waals surface area contributed by atoms with Gasteiger partial charge in [0.25, 0.3) is 5.92 Å². The molecule has 2 N–H and O–H groups in total. The van der Waals surface area contributed by atoms with E-state index in [1.807, 2.05) is 0 Å². The van der Waals surface area contributed by atoms with Crippen LogP contribution in [0.15, 0.2) is 24.3 Å². The van der Waals surface area contributed by atoms with E-state index in [4.69, 9.17) is 5.11 Å². The van der Waals surface area contributed by atoms with Crippen LogP contribution in [0.5, 0.6) is 5.75 Å². The van der Waals surface area contributed by atoms with E-state index in [2.05, 4.69) is 5.32 Å². The molecule has 0 aromatic heterocycles. The second-order valence-electron chi connectivity index (χ2n) is 3.18. The Morgan fingerprint density at radius 2 is 1.79 bits per heavy atom. The summed E-state index contributed by atoms with van der Waals surface area (Å²) in [6.07, 6.45) is 0. The SMILES string of the molecule is CNC(C)C(F)(F)c1ccc(O)cc1. The Morgan fingerprint density at radius 1 is 1.29 bits per heavy atom. The molecule has 0 fully saturated rings. The molecule has 0 spiro atoms. The van der Waals surface area contributed by atoms with E-state index in [0.717, 1.165) is 0 Å². The molecule has 0 aliphatic rings. The third-order valence-electron chi connectivity index (χ3n) is 2.23. The van der Waals surface area contributed by atoms with Crippen LogP contribution >= 0.6 is 0 Å². The van der Waals surface area contributed by atoms with Gasteiger partial charge in [0.1, 0.15) is 5.75 Å². The Bertz CT molecular complexity index is 297. The van der Waals surface area contributed by atoms with Gasteiger partial charge in [-0.3, -0.25) is 0 Å². The number of hydrogen-bond donors (Lipinski definition) is 2. The van der Waals surface area contributed by atoms with Crippen LogP contribution in [-0.4, -0.2) is 18.2 Å². The molecule has 0 amide bonds. The predicted octanol–water partition coefficient (Wildman–Crippen LogP) is 2.09. The first-order valence-corrected chi connectivity index (χ1v) is 4.33. The van der Waals surface area contributed by atoms with Gasteiger partial charge in [-0.25, -0.2) is 0 Å². The molecule has 1 aromatic carbocycles. The monoisotopic (exact) mass is 201 g/mol. The summed E-state index contributed by atoms with van der Waals surface area (Å²) in [5.74, 6) is -2.94. The summed E-state index contributed by atoms with van der Waals surface area (Å²) in [6.45, 7) is 1.41. The Hall–Kier alpha value is -1.16. The zero-order valence-corrected chi connectivity index (χ0v) is 8.09. The summed E-state index contributed by atoms with van der Waals surface area (Å²) in [5, 5.41) is 11.5. The van der Waals surface area contributed by atoms with Gasteiger partial charge in [-0.1, -0.05) is 0 Å². The number of alkyl halides is 2. The molecule has 1 rings (SSSR count). The lowest BCUT2D eigenvalue weighted by molar-refractivity contribution is -0.0354. The minimum atomic E-state index is -2.93. The second kappa shape index (κ2) is 3.92. The average molecular weight is 201 g/mol. The van der Waals surface area contributed by atoms with Crippen molar-refractivity contribution < 1.29 is 13.9 Å². The van der Waals surface area contributed by atoms with Gasteiger partial charge in [-0.05, 0) is 38.2 Å². The second-order valence-corrected chi connectivity index (χ2v) is 3.18. The van der Waals surface area contributed by atoms with Crippen molar-refractivity contribution in [3.63, 3.8) is 0 Å². The highest BCUT2D eigenvalue weighted by Gasteiger charge is 2.37. The minimum absolute atomic E-state index is 0.0124. The zero-order valence-electron chi connectivity index (χ0n) is 8.09. The fraction of sp³-hybridized carbons (Fsp3) is 0.400. The third kappa shape index (κ3) is 2.01. The van der Waals surface area contributed by atoms with Crippen molar-refractivity contribution in [3.8, 4) is 5.75 Å². The standard InChI is InChI=1S/C10H13F2NO/c1-7(13-2)10(11,12)8-3-5-9(14)6-4-8/h3-7,13-14H,1-2H3. The van der Waals surface area contributed by atoms with E-state index in [9.17, 15) is 8.78 Å². The van der Waals surface area contributed by atoms with Crippen LogP contribution in [0, 0.1) is 0 Å². The Labute approximate surface area is 81.6 Å². The van der Waals surface area contributed by atoms with Gasteiger partial charge in [-0.2, -0.15) is 8.78 Å². The maximum atomic E-state index is 13.5. The molecule has 0 bridgehead atoms. The fourth-order valence-electron chi connectivity index (χ4n) is 1.11. The lowest BCUT2D eigenvalue weighted by Gasteiger charge is -2.23. The van der Waals surface area contributed by atoms with Crippen LogP contribution in [0.3, 0.4) is 0 Å². The van der Waals surface area contributed by atoms with Crippen molar-refractivity contribution in [2.75, 3.05) is 7.05 Å². The molecule has 1 aromatic rings. The van der Waals surface area contributed by atoms with Crippen LogP contribution in [0.1, 0.15) is 12.5 Å². The molecule has 0 heterocycles. The van der Waals surface area contributed by atoms with Crippen molar-refractivity contribution in [1.82, 2.24) is 5.32 Å². The van der Waals surface area contributed by atoms with E-state index in [1.165, 1.54) is 38.2 Å². The maximum absolute atomic E-state index is 13.5. The molecule has 0 saturated heterocycles. The lowest BCUT2D eigenvalue weighted by atomic mass is 10.0. The van der Waals surface area contributed by atoms with Crippen molar-refractivity contribution >= 4 is 0 Å². The molecule has 4 heteroatoms. The molecule has 0 aliphatic heterocycles. The summed E-state index contributed by atoms with van der Waals surface area (Å²) in [6, 6.07) is 4.02. The van der Waals surface area contributed by atoms with Crippen LogP contribution < -0.4 is 5.32 Å².